The van der Waals surface area contributed by atoms with Gasteiger partial charge in [0, 0.05) is 44.0 Å². The fourth-order valence-corrected chi connectivity index (χ4v) is 5.39. The molecule has 11 nitrogen and oxygen atoms in total. The smallest absolute Gasteiger partial charge is 0.266 e. The Bertz CT molecular complexity index is 1490. The number of carbonyl (C=O) groups is 1. The summed E-state index contributed by atoms with van der Waals surface area (Å²) in [5, 5.41) is 15.8. The Labute approximate surface area is 223 Å². The number of benzene rings is 1. The van der Waals surface area contributed by atoms with E-state index in [9.17, 15) is 4.79 Å². The predicted octanol–water partition coefficient (Wildman–Crippen LogP) is 3.93. The monoisotopic (exact) mass is 536 g/mol. The molecule has 2 saturated heterocycles. The van der Waals surface area contributed by atoms with Crippen molar-refractivity contribution >= 4 is 34.4 Å². The molecule has 2 aliphatic rings. The molecule has 1 aromatic carbocycles. The number of anilines is 3. The van der Waals surface area contributed by atoms with Gasteiger partial charge in [0.2, 0.25) is 0 Å². The van der Waals surface area contributed by atoms with Crippen LogP contribution in [0.2, 0.25) is 0 Å². The molecule has 0 spiro atoms. The van der Waals surface area contributed by atoms with Gasteiger partial charge in [-0.05, 0) is 55.5 Å². The van der Waals surface area contributed by atoms with E-state index in [1.54, 1.807) is 15.8 Å². The van der Waals surface area contributed by atoms with Crippen molar-refractivity contribution in [2.45, 2.75) is 51.6 Å². The molecule has 2 fully saturated rings. The number of tetrazole rings is 1. The van der Waals surface area contributed by atoms with Gasteiger partial charge in [-0.2, -0.15) is 4.80 Å². The highest BCUT2D eigenvalue weighted by molar-refractivity contribution is 5.95. The van der Waals surface area contributed by atoms with Gasteiger partial charge in [-0.1, -0.05) is 12.0 Å². The Balaban J connectivity index is 1.19. The SMILES string of the molecule is CCCn1nnc(N2CCC(n3cc(F)c4c(Nc5ccc(C(=O)N6CCCC6)cc5F)ncnc43)CC2)n1. The molecular formula is C26H30F2N10O. The lowest BCUT2D eigenvalue weighted by Gasteiger charge is -2.31. The summed E-state index contributed by atoms with van der Waals surface area (Å²) >= 11 is 0. The molecule has 0 unspecified atom stereocenters. The first-order valence-corrected chi connectivity index (χ1v) is 13.4. The molecule has 0 saturated carbocycles. The normalized spacial score (nSPS) is 16.4. The number of likely N-dealkylation sites (tertiary alicyclic amines) is 1. The molecule has 4 aromatic rings. The van der Waals surface area contributed by atoms with Crippen LogP contribution in [0.5, 0.6) is 0 Å². The van der Waals surface area contributed by atoms with Crippen LogP contribution in [0.4, 0.5) is 26.2 Å². The predicted molar refractivity (Wildman–Crippen MR) is 141 cm³/mol. The minimum Gasteiger partial charge on any atom is -0.339 e. The molecule has 204 valence electrons. The number of aryl methyl sites for hydroxylation is 1. The van der Waals surface area contributed by atoms with Crippen molar-refractivity contribution in [2.75, 3.05) is 36.4 Å². The second kappa shape index (κ2) is 10.5. The van der Waals surface area contributed by atoms with Crippen LogP contribution in [0.3, 0.4) is 0 Å². The molecule has 0 atom stereocenters. The van der Waals surface area contributed by atoms with E-state index in [2.05, 4.69) is 42.5 Å². The zero-order valence-corrected chi connectivity index (χ0v) is 21.7. The third-order valence-corrected chi connectivity index (χ3v) is 7.43. The van der Waals surface area contributed by atoms with Gasteiger partial charge in [-0.3, -0.25) is 4.79 Å². The molecule has 39 heavy (non-hydrogen) atoms. The van der Waals surface area contributed by atoms with Gasteiger partial charge in [0.1, 0.15) is 23.6 Å². The molecule has 2 aliphatic heterocycles. The second-order valence-electron chi connectivity index (χ2n) is 10.0. The highest BCUT2D eigenvalue weighted by Gasteiger charge is 2.27. The van der Waals surface area contributed by atoms with Crippen molar-refractivity contribution in [3.8, 4) is 0 Å². The summed E-state index contributed by atoms with van der Waals surface area (Å²) in [4.78, 5) is 26.6. The average molecular weight is 537 g/mol. The van der Waals surface area contributed by atoms with E-state index in [0.29, 0.717) is 43.3 Å². The van der Waals surface area contributed by atoms with Crippen molar-refractivity contribution in [3.05, 3.63) is 47.9 Å². The Hall–Kier alpha value is -4.16. The quantitative estimate of drug-likeness (QED) is 0.379. The highest BCUT2D eigenvalue weighted by atomic mass is 19.1. The average Bonchev–Trinajstić information content (AvgIpc) is 3.71. The number of halogens is 2. The molecule has 1 N–H and O–H groups in total. The van der Waals surface area contributed by atoms with Crippen LogP contribution in [-0.2, 0) is 6.54 Å². The molecule has 1 amide bonds. The first-order chi connectivity index (χ1) is 19.0. The summed E-state index contributed by atoms with van der Waals surface area (Å²) in [6.45, 7) is 5.56. The van der Waals surface area contributed by atoms with Crippen LogP contribution >= 0.6 is 0 Å². The molecule has 0 radical (unpaired) electrons. The second-order valence-corrected chi connectivity index (χ2v) is 10.0. The van der Waals surface area contributed by atoms with E-state index in [1.807, 2.05) is 4.57 Å². The van der Waals surface area contributed by atoms with Crippen molar-refractivity contribution in [3.63, 3.8) is 0 Å². The fourth-order valence-electron chi connectivity index (χ4n) is 5.39. The van der Waals surface area contributed by atoms with Crippen LogP contribution in [0, 0.1) is 11.6 Å². The minimum absolute atomic E-state index is 0.0225. The summed E-state index contributed by atoms with van der Waals surface area (Å²) in [6, 6.07) is 4.30. The van der Waals surface area contributed by atoms with Crippen molar-refractivity contribution in [1.82, 2.24) is 39.6 Å². The van der Waals surface area contributed by atoms with Gasteiger partial charge in [0.05, 0.1) is 17.6 Å². The first-order valence-electron chi connectivity index (χ1n) is 13.4. The van der Waals surface area contributed by atoms with Gasteiger partial charge in [-0.25, -0.2) is 18.7 Å². The van der Waals surface area contributed by atoms with Gasteiger partial charge in [-0.15, -0.1) is 5.10 Å². The fraction of sp³-hybridized carbons (Fsp3) is 0.462. The molecule has 0 bridgehead atoms. The number of hydrogen-bond donors (Lipinski definition) is 1. The Morgan fingerprint density at radius 2 is 1.87 bits per heavy atom. The molecule has 3 aromatic heterocycles. The van der Waals surface area contributed by atoms with Crippen LogP contribution in [0.1, 0.15) is 55.4 Å². The first kappa shape index (κ1) is 25.1. The van der Waals surface area contributed by atoms with Crippen LogP contribution in [0.15, 0.2) is 30.7 Å². The Kier molecular flexibility index (Phi) is 6.79. The number of carbonyl (C=O) groups excluding carboxylic acids is 1. The number of hydrogen-bond acceptors (Lipinski definition) is 8. The van der Waals surface area contributed by atoms with Gasteiger partial charge in [0.15, 0.2) is 5.82 Å². The van der Waals surface area contributed by atoms with Crippen molar-refractivity contribution in [1.29, 1.82) is 0 Å². The maximum Gasteiger partial charge on any atom is 0.266 e. The zero-order valence-electron chi connectivity index (χ0n) is 21.7. The standard InChI is InChI=1S/C26H30F2N10O/c1-2-9-38-33-26(32-34-38)36-12-7-18(8-13-36)37-15-20(28)22-23(29-16-30-24(22)37)31-21-6-5-17(14-19(21)27)25(39)35-10-3-4-11-35/h5-6,14-16,18H,2-4,7-13H2,1H3,(H,29,30,31). The topological polar surface area (TPSA) is 110 Å². The van der Waals surface area contributed by atoms with E-state index >= 15 is 8.78 Å². The summed E-state index contributed by atoms with van der Waals surface area (Å²) in [6.07, 6.45) is 7.13. The molecular weight excluding hydrogens is 506 g/mol. The highest BCUT2D eigenvalue weighted by Crippen LogP contribution is 2.33. The zero-order chi connectivity index (χ0) is 26.9. The lowest BCUT2D eigenvalue weighted by atomic mass is 10.1. The number of nitrogens with one attached hydrogen (secondary N) is 1. The van der Waals surface area contributed by atoms with Crippen LogP contribution in [0.25, 0.3) is 11.0 Å². The molecule has 6 rings (SSSR count). The largest absolute Gasteiger partial charge is 0.339 e. The number of aromatic nitrogens is 7. The third kappa shape index (κ3) is 4.88. The van der Waals surface area contributed by atoms with Gasteiger partial charge in [0.25, 0.3) is 11.9 Å². The number of fused-ring (bicyclic) bond motifs is 1. The van der Waals surface area contributed by atoms with Gasteiger partial charge < -0.3 is 19.7 Å². The molecule has 13 heteroatoms. The summed E-state index contributed by atoms with van der Waals surface area (Å²) in [7, 11) is 0. The number of rotatable bonds is 7. The number of nitrogens with zero attached hydrogens (tertiary/aromatic N) is 9. The Morgan fingerprint density at radius 1 is 1.08 bits per heavy atom. The summed E-state index contributed by atoms with van der Waals surface area (Å²) in [5.74, 6) is -0.500. The van der Waals surface area contributed by atoms with Crippen molar-refractivity contribution in [2.24, 2.45) is 0 Å². The minimum atomic E-state index is -0.608. The van der Waals surface area contributed by atoms with E-state index in [4.69, 9.17) is 0 Å². The molecule has 0 aliphatic carbocycles. The number of amides is 1. The summed E-state index contributed by atoms with van der Waals surface area (Å²) in [5.41, 5.74) is 0.841. The summed E-state index contributed by atoms with van der Waals surface area (Å²) < 4.78 is 32.1. The number of piperidine rings is 1. The van der Waals surface area contributed by atoms with Crippen LogP contribution < -0.4 is 10.2 Å². The maximum absolute atomic E-state index is 15.3. The lowest BCUT2D eigenvalue weighted by molar-refractivity contribution is 0.0792. The Morgan fingerprint density at radius 3 is 2.62 bits per heavy atom. The van der Waals surface area contributed by atoms with Crippen molar-refractivity contribution < 1.29 is 13.6 Å². The van der Waals surface area contributed by atoms with E-state index in [-0.39, 0.29) is 28.8 Å². The van der Waals surface area contributed by atoms with Crippen LogP contribution in [-0.4, -0.2) is 71.7 Å². The van der Waals surface area contributed by atoms with E-state index in [0.717, 1.165) is 38.6 Å². The maximum atomic E-state index is 15.3. The third-order valence-electron chi connectivity index (χ3n) is 7.43. The molecule has 5 heterocycles. The van der Waals surface area contributed by atoms with E-state index < -0.39 is 11.6 Å². The lowest BCUT2D eigenvalue weighted by Crippen LogP contribution is -2.35. The van der Waals surface area contributed by atoms with E-state index in [1.165, 1.54) is 24.7 Å². The van der Waals surface area contributed by atoms with Gasteiger partial charge >= 0.3 is 0 Å².